The maximum atomic E-state index is 13.9. The Morgan fingerprint density at radius 1 is 1.15 bits per heavy atom. The SMILES string of the molecule is CCN=C(NC1CCN(C2CC2)CC1)NC1CC1c1ccccc1F.I. The third-order valence-corrected chi connectivity index (χ3v) is 5.67. The van der Waals surface area contributed by atoms with E-state index >= 15 is 0 Å². The molecule has 3 aliphatic rings. The molecule has 0 aromatic heterocycles. The van der Waals surface area contributed by atoms with E-state index in [9.17, 15) is 4.39 Å². The van der Waals surface area contributed by atoms with Crippen LogP contribution in [0.25, 0.3) is 0 Å². The summed E-state index contributed by atoms with van der Waals surface area (Å²) in [5.74, 6) is 1.07. The highest BCUT2D eigenvalue weighted by molar-refractivity contribution is 14.0. The molecule has 1 aromatic rings. The molecule has 1 heterocycles. The van der Waals surface area contributed by atoms with Crippen molar-refractivity contribution in [2.45, 2.75) is 63.1 Å². The minimum absolute atomic E-state index is 0. The van der Waals surface area contributed by atoms with Crippen molar-refractivity contribution in [2.75, 3.05) is 19.6 Å². The zero-order chi connectivity index (χ0) is 17.2. The molecule has 0 amide bonds. The zero-order valence-electron chi connectivity index (χ0n) is 15.5. The first kappa shape index (κ1) is 19.9. The maximum Gasteiger partial charge on any atom is 0.191 e. The number of aliphatic imine (C=N–C) groups is 1. The van der Waals surface area contributed by atoms with Crippen molar-refractivity contribution >= 4 is 29.9 Å². The lowest BCUT2D eigenvalue weighted by molar-refractivity contribution is 0.197. The lowest BCUT2D eigenvalue weighted by atomic mass is 10.1. The fraction of sp³-hybridized carbons (Fsp3) is 0.650. The Labute approximate surface area is 173 Å². The summed E-state index contributed by atoms with van der Waals surface area (Å²) < 4.78 is 13.9. The van der Waals surface area contributed by atoms with Gasteiger partial charge in [0.15, 0.2) is 5.96 Å². The van der Waals surface area contributed by atoms with E-state index in [1.807, 2.05) is 12.1 Å². The third-order valence-electron chi connectivity index (χ3n) is 5.67. The number of rotatable bonds is 5. The zero-order valence-corrected chi connectivity index (χ0v) is 17.8. The summed E-state index contributed by atoms with van der Waals surface area (Å²) in [4.78, 5) is 7.24. The average Bonchev–Trinajstić information content (AvgIpc) is 3.52. The van der Waals surface area contributed by atoms with E-state index in [0.29, 0.717) is 12.1 Å². The van der Waals surface area contributed by atoms with E-state index in [4.69, 9.17) is 0 Å². The number of halogens is 2. The van der Waals surface area contributed by atoms with Gasteiger partial charge in [-0.3, -0.25) is 4.99 Å². The minimum Gasteiger partial charge on any atom is -0.354 e. The summed E-state index contributed by atoms with van der Waals surface area (Å²) >= 11 is 0. The highest BCUT2D eigenvalue weighted by Crippen LogP contribution is 2.41. The predicted octanol–water partition coefficient (Wildman–Crippen LogP) is 3.48. The number of hydrogen-bond donors (Lipinski definition) is 2. The molecule has 0 bridgehead atoms. The van der Waals surface area contributed by atoms with E-state index in [2.05, 4.69) is 27.4 Å². The molecule has 26 heavy (non-hydrogen) atoms. The second-order valence-electron chi connectivity index (χ2n) is 7.62. The first-order chi connectivity index (χ1) is 12.2. The van der Waals surface area contributed by atoms with E-state index in [0.717, 1.165) is 30.5 Å². The molecule has 2 atom stereocenters. The summed E-state index contributed by atoms with van der Waals surface area (Å²) in [6.45, 7) is 5.21. The molecule has 2 unspecified atom stereocenters. The lowest BCUT2D eigenvalue weighted by Gasteiger charge is -2.33. The molecule has 1 aromatic carbocycles. The molecular weight excluding hydrogens is 442 g/mol. The van der Waals surface area contributed by atoms with Gasteiger partial charge in [0.25, 0.3) is 0 Å². The van der Waals surface area contributed by atoms with Crippen molar-refractivity contribution in [1.29, 1.82) is 0 Å². The molecule has 4 nitrogen and oxygen atoms in total. The number of nitrogens with zero attached hydrogens (tertiary/aromatic N) is 2. The second kappa shape index (κ2) is 8.87. The number of benzene rings is 1. The molecule has 144 valence electrons. The van der Waals surface area contributed by atoms with E-state index < -0.39 is 0 Å². The van der Waals surface area contributed by atoms with Crippen LogP contribution < -0.4 is 10.6 Å². The molecule has 6 heteroatoms. The molecule has 4 rings (SSSR count). The number of piperidine rings is 1. The number of nitrogens with one attached hydrogen (secondary N) is 2. The van der Waals surface area contributed by atoms with Crippen LogP contribution in [0.5, 0.6) is 0 Å². The van der Waals surface area contributed by atoms with Crippen LogP contribution in [0.1, 0.15) is 50.5 Å². The van der Waals surface area contributed by atoms with Crippen molar-refractivity contribution in [1.82, 2.24) is 15.5 Å². The van der Waals surface area contributed by atoms with Gasteiger partial charge in [0.05, 0.1) is 0 Å². The van der Waals surface area contributed by atoms with Crippen LogP contribution >= 0.6 is 24.0 Å². The molecule has 0 radical (unpaired) electrons. The van der Waals surface area contributed by atoms with Crippen molar-refractivity contribution in [3.8, 4) is 0 Å². The molecule has 0 spiro atoms. The largest absolute Gasteiger partial charge is 0.354 e. The Morgan fingerprint density at radius 2 is 1.88 bits per heavy atom. The molecule has 2 saturated carbocycles. The van der Waals surface area contributed by atoms with Crippen LogP contribution in [0.3, 0.4) is 0 Å². The number of guanidine groups is 1. The lowest BCUT2D eigenvalue weighted by Crippen LogP contribution is -2.49. The Morgan fingerprint density at radius 3 is 2.54 bits per heavy atom. The summed E-state index contributed by atoms with van der Waals surface area (Å²) in [7, 11) is 0. The Bertz CT molecular complexity index is 626. The van der Waals surface area contributed by atoms with Gasteiger partial charge in [0.1, 0.15) is 5.82 Å². The molecule has 1 saturated heterocycles. The van der Waals surface area contributed by atoms with Crippen LogP contribution in [0.15, 0.2) is 29.3 Å². The quantitative estimate of drug-likeness (QED) is 0.392. The van der Waals surface area contributed by atoms with E-state index in [1.54, 1.807) is 12.1 Å². The van der Waals surface area contributed by atoms with Crippen molar-refractivity contribution in [2.24, 2.45) is 4.99 Å². The van der Waals surface area contributed by atoms with Gasteiger partial charge in [-0.1, -0.05) is 18.2 Å². The van der Waals surface area contributed by atoms with Crippen LogP contribution in [0, 0.1) is 5.82 Å². The summed E-state index contributed by atoms with van der Waals surface area (Å²) in [6.07, 6.45) is 6.12. The van der Waals surface area contributed by atoms with Gasteiger partial charge in [-0.05, 0) is 50.7 Å². The van der Waals surface area contributed by atoms with E-state index in [1.165, 1.54) is 38.8 Å². The standard InChI is InChI=1S/C20H29FN4.HI/c1-2-22-20(23-14-9-11-25(12-10-14)15-7-8-15)24-19-13-17(19)16-5-3-4-6-18(16)21;/h3-6,14-15,17,19H,2,7-13H2,1H3,(H2,22,23,24);1H. The van der Waals surface area contributed by atoms with Gasteiger partial charge in [0.2, 0.25) is 0 Å². The van der Waals surface area contributed by atoms with Crippen molar-refractivity contribution in [3.05, 3.63) is 35.6 Å². The second-order valence-corrected chi connectivity index (χ2v) is 7.62. The fourth-order valence-electron chi connectivity index (χ4n) is 3.98. The third kappa shape index (κ3) is 4.88. The van der Waals surface area contributed by atoms with Gasteiger partial charge in [-0.2, -0.15) is 0 Å². The molecule has 2 N–H and O–H groups in total. The highest BCUT2D eigenvalue weighted by Gasteiger charge is 2.41. The van der Waals surface area contributed by atoms with Gasteiger partial charge >= 0.3 is 0 Å². The maximum absolute atomic E-state index is 13.9. The van der Waals surface area contributed by atoms with Crippen LogP contribution in [-0.4, -0.2) is 48.6 Å². The Hall–Kier alpha value is -0.890. The Balaban J connectivity index is 0.00000196. The molecule has 3 fully saturated rings. The number of likely N-dealkylation sites (tertiary alicyclic amines) is 1. The predicted molar refractivity (Wildman–Crippen MR) is 115 cm³/mol. The summed E-state index contributed by atoms with van der Waals surface area (Å²) in [5.41, 5.74) is 0.827. The first-order valence-corrected chi connectivity index (χ1v) is 9.80. The monoisotopic (exact) mass is 472 g/mol. The van der Waals surface area contributed by atoms with Crippen molar-refractivity contribution in [3.63, 3.8) is 0 Å². The topological polar surface area (TPSA) is 39.7 Å². The molecule has 1 aliphatic heterocycles. The van der Waals surface area contributed by atoms with Gasteiger partial charge in [-0.25, -0.2) is 4.39 Å². The summed E-state index contributed by atoms with van der Waals surface area (Å²) in [6, 6.07) is 8.79. The van der Waals surface area contributed by atoms with Gasteiger partial charge < -0.3 is 15.5 Å². The van der Waals surface area contributed by atoms with Crippen LogP contribution in [0.4, 0.5) is 4.39 Å². The highest BCUT2D eigenvalue weighted by atomic mass is 127. The average molecular weight is 472 g/mol. The van der Waals surface area contributed by atoms with Crippen molar-refractivity contribution < 1.29 is 4.39 Å². The van der Waals surface area contributed by atoms with E-state index in [-0.39, 0.29) is 35.7 Å². The van der Waals surface area contributed by atoms with Gasteiger partial charge in [0, 0.05) is 43.7 Å². The minimum atomic E-state index is -0.0915. The summed E-state index contributed by atoms with van der Waals surface area (Å²) in [5, 5.41) is 7.13. The molecule has 2 aliphatic carbocycles. The molecular formula is C20H30FIN4. The smallest absolute Gasteiger partial charge is 0.191 e. The van der Waals surface area contributed by atoms with Gasteiger partial charge in [-0.15, -0.1) is 24.0 Å². The van der Waals surface area contributed by atoms with Crippen LogP contribution in [0.2, 0.25) is 0 Å². The normalized spacial score (nSPS) is 26.9. The number of hydrogen-bond acceptors (Lipinski definition) is 2. The fourth-order valence-corrected chi connectivity index (χ4v) is 3.98. The van der Waals surface area contributed by atoms with Crippen LogP contribution in [-0.2, 0) is 0 Å². The first-order valence-electron chi connectivity index (χ1n) is 9.80. The Kier molecular flexibility index (Phi) is 6.77.